The summed E-state index contributed by atoms with van der Waals surface area (Å²) in [5.41, 5.74) is 0. The van der Waals surface area contributed by atoms with Crippen LogP contribution in [0.15, 0.2) is 22.7 Å². The van der Waals surface area contributed by atoms with Crippen LogP contribution in [-0.4, -0.2) is 31.8 Å². The molecule has 4 nitrogen and oxygen atoms in total. The maximum Gasteiger partial charge on any atom is 0.258 e. The van der Waals surface area contributed by atoms with Crippen molar-refractivity contribution in [1.29, 1.82) is 0 Å². The lowest BCUT2D eigenvalue weighted by Crippen LogP contribution is -2.49. The monoisotopic (exact) mass is 319 g/mol. The first-order chi connectivity index (χ1) is 8.15. The predicted molar refractivity (Wildman–Crippen MR) is 67.4 cm³/mol. The first kappa shape index (κ1) is 12.7. The number of ether oxygens (including phenoxy) is 2. The Bertz CT molecular complexity index is 423. The summed E-state index contributed by atoms with van der Waals surface area (Å²) in [6.45, 7) is 1.10. The lowest BCUT2D eigenvalue weighted by molar-refractivity contribution is -0.127. The largest absolute Gasteiger partial charge is 0.482 e. The maximum atomic E-state index is 11.5. The van der Waals surface area contributed by atoms with Gasteiger partial charge in [0, 0.05) is 4.47 Å². The fourth-order valence-corrected chi connectivity index (χ4v) is 2.05. The standard InChI is InChI=1S/C11H11BrClNO3/c12-7-1-2-10(9(13)3-7)17-6-11(15)14-8-4-16-5-8/h1-3,8H,4-6H2,(H,14,15). The molecule has 1 aromatic carbocycles. The molecule has 1 saturated heterocycles. The first-order valence-electron chi connectivity index (χ1n) is 5.10. The fourth-order valence-electron chi connectivity index (χ4n) is 1.32. The molecule has 1 heterocycles. The number of benzene rings is 1. The number of carbonyl (C=O) groups excluding carboxylic acids is 1. The van der Waals surface area contributed by atoms with E-state index in [0.717, 1.165) is 4.47 Å². The summed E-state index contributed by atoms with van der Waals surface area (Å²) in [5, 5.41) is 3.25. The molecule has 1 amide bonds. The predicted octanol–water partition coefficient (Wildman–Crippen LogP) is 2.00. The summed E-state index contributed by atoms with van der Waals surface area (Å²) < 4.78 is 11.1. The summed E-state index contributed by atoms with van der Waals surface area (Å²) in [7, 11) is 0. The third kappa shape index (κ3) is 3.59. The van der Waals surface area contributed by atoms with Crippen LogP contribution >= 0.6 is 27.5 Å². The van der Waals surface area contributed by atoms with Gasteiger partial charge in [0.05, 0.1) is 24.3 Å². The van der Waals surface area contributed by atoms with Crippen molar-refractivity contribution in [1.82, 2.24) is 5.32 Å². The van der Waals surface area contributed by atoms with Crippen LogP contribution < -0.4 is 10.1 Å². The molecule has 1 aliphatic heterocycles. The molecule has 0 saturated carbocycles. The Kier molecular flexibility index (Phi) is 4.25. The normalized spacial score (nSPS) is 15.2. The molecule has 6 heteroatoms. The van der Waals surface area contributed by atoms with Crippen LogP contribution in [-0.2, 0) is 9.53 Å². The third-order valence-electron chi connectivity index (χ3n) is 2.26. The second-order valence-corrected chi connectivity index (χ2v) is 4.99. The number of amides is 1. The van der Waals surface area contributed by atoms with E-state index in [2.05, 4.69) is 21.2 Å². The lowest BCUT2D eigenvalue weighted by Gasteiger charge is -2.26. The van der Waals surface area contributed by atoms with Crippen LogP contribution in [0.1, 0.15) is 0 Å². The van der Waals surface area contributed by atoms with Crippen molar-refractivity contribution < 1.29 is 14.3 Å². The molecule has 0 spiro atoms. The Balaban J connectivity index is 1.82. The van der Waals surface area contributed by atoms with E-state index in [9.17, 15) is 4.79 Å². The molecule has 2 rings (SSSR count). The minimum atomic E-state index is -0.169. The highest BCUT2D eigenvalue weighted by Crippen LogP contribution is 2.27. The van der Waals surface area contributed by atoms with Crippen LogP contribution in [0.4, 0.5) is 0 Å². The summed E-state index contributed by atoms with van der Waals surface area (Å²) in [5.74, 6) is 0.326. The highest BCUT2D eigenvalue weighted by molar-refractivity contribution is 9.10. The van der Waals surface area contributed by atoms with Gasteiger partial charge < -0.3 is 14.8 Å². The van der Waals surface area contributed by atoms with Gasteiger partial charge in [-0.25, -0.2) is 0 Å². The van der Waals surface area contributed by atoms with Gasteiger partial charge in [-0.1, -0.05) is 27.5 Å². The van der Waals surface area contributed by atoms with Crippen LogP contribution in [0.2, 0.25) is 5.02 Å². The number of hydrogen-bond acceptors (Lipinski definition) is 3. The van der Waals surface area contributed by atoms with Gasteiger partial charge in [-0.3, -0.25) is 4.79 Å². The summed E-state index contributed by atoms with van der Waals surface area (Å²) in [4.78, 5) is 11.5. The third-order valence-corrected chi connectivity index (χ3v) is 3.04. The topological polar surface area (TPSA) is 47.6 Å². The van der Waals surface area contributed by atoms with Crippen molar-refractivity contribution in [2.45, 2.75) is 6.04 Å². The fraction of sp³-hybridized carbons (Fsp3) is 0.364. The van der Waals surface area contributed by atoms with Crippen molar-refractivity contribution in [3.8, 4) is 5.75 Å². The Morgan fingerprint density at radius 2 is 2.35 bits per heavy atom. The highest BCUT2D eigenvalue weighted by Gasteiger charge is 2.20. The molecular formula is C11H11BrClNO3. The van der Waals surface area contributed by atoms with Crippen molar-refractivity contribution >= 4 is 33.4 Å². The molecule has 1 fully saturated rings. The Morgan fingerprint density at radius 1 is 1.59 bits per heavy atom. The Labute approximate surface area is 112 Å². The van der Waals surface area contributed by atoms with Crippen molar-refractivity contribution in [3.63, 3.8) is 0 Å². The quantitative estimate of drug-likeness (QED) is 0.923. The van der Waals surface area contributed by atoms with E-state index < -0.39 is 0 Å². The van der Waals surface area contributed by atoms with Gasteiger partial charge in [-0.15, -0.1) is 0 Å². The average Bonchev–Trinajstić information content (AvgIpc) is 2.22. The number of hydrogen-bond donors (Lipinski definition) is 1. The molecule has 0 aromatic heterocycles. The van der Waals surface area contributed by atoms with E-state index >= 15 is 0 Å². The van der Waals surface area contributed by atoms with Gasteiger partial charge in [0.25, 0.3) is 5.91 Å². The summed E-state index contributed by atoms with van der Waals surface area (Å²) in [6, 6.07) is 5.35. The van der Waals surface area contributed by atoms with Crippen LogP contribution in [0.3, 0.4) is 0 Å². The average molecular weight is 321 g/mol. The van der Waals surface area contributed by atoms with Crippen molar-refractivity contribution in [2.75, 3.05) is 19.8 Å². The first-order valence-corrected chi connectivity index (χ1v) is 6.27. The van der Waals surface area contributed by atoms with Crippen molar-refractivity contribution in [2.24, 2.45) is 0 Å². The zero-order chi connectivity index (χ0) is 12.3. The summed E-state index contributed by atoms with van der Waals surface area (Å²) >= 11 is 9.24. The highest BCUT2D eigenvalue weighted by atomic mass is 79.9. The van der Waals surface area contributed by atoms with Gasteiger partial charge in [-0.05, 0) is 18.2 Å². The number of carbonyl (C=O) groups is 1. The second kappa shape index (κ2) is 5.71. The SMILES string of the molecule is O=C(COc1ccc(Br)cc1Cl)NC1COC1. The minimum Gasteiger partial charge on any atom is -0.482 e. The molecule has 1 N–H and O–H groups in total. The number of rotatable bonds is 4. The summed E-state index contributed by atoms with van der Waals surface area (Å²) in [6.07, 6.45) is 0. The van der Waals surface area contributed by atoms with Crippen LogP contribution in [0, 0.1) is 0 Å². The van der Waals surface area contributed by atoms with Gasteiger partial charge in [0.1, 0.15) is 5.75 Å². The molecular weight excluding hydrogens is 309 g/mol. The maximum absolute atomic E-state index is 11.5. The van der Waals surface area contributed by atoms with Gasteiger partial charge in [0.15, 0.2) is 6.61 Å². The molecule has 0 radical (unpaired) electrons. The van der Waals surface area contributed by atoms with Crippen molar-refractivity contribution in [3.05, 3.63) is 27.7 Å². The van der Waals surface area contributed by atoms with E-state index in [1.165, 1.54) is 0 Å². The van der Waals surface area contributed by atoms with E-state index in [1.807, 2.05) is 0 Å². The number of nitrogens with one attached hydrogen (secondary N) is 1. The number of halogens is 2. The van der Waals surface area contributed by atoms with E-state index in [0.29, 0.717) is 24.0 Å². The molecule has 0 bridgehead atoms. The zero-order valence-corrected chi connectivity index (χ0v) is 11.3. The van der Waals surface area contributed by atoms with Crippen LogP contribution in [0.5, 0.6) is 5.75 Å². The van der Waals surface area contributed by atoms with Gasteiger partial charge in [-0.2, -0.15) is 0 Å². The molecule has 0 unspecified atom stereocenters. The molecule has 92 valence electrons. The second-order valence-electron chi connectivity index (χ2n) is 3.67. The molecule has 0 atom stereocenters. The van der Waals surface area contributed by atoms with Gasteiger partial charge in [0.2, 0.25) is 0 Å². The van der Waals surface area contributed by atoms with E-state index in [1.54, 1.807) is 18.2 Å². The van der Waals surface area contributed by atoms with Gasteiger partial charge >= 0.3 is 0 Å². The molecule has 0 aliphatic carbocycles. The van der Waals surface area contributed by atoms with E-state index in [-0.39, 0.29) is 18.6 Å². The van der Waals surface area contributed by atoms with E-state index in [4.69, 9.17) is 21.1 Å². The lowest BCUT2D eigenvalue weighted by atomic mass is 10.2. The minimum absolute atomic E-state index is 0.0438. The van der Waals surface area contributed by atoms with Crippen LogP contribution in [0.25, 0.3) is 0 Å². The Morgan fingerprint density at radius 3 is 2.94 bits per heavy atom. The smallest absolute Gasteiger partial charge is 0.258 e. The Hall–Kier alpha value is -0.780. The molecule has 1 aliphatic rings. The molecule has 17 heavy (non-hydrogen) atoms. The molecule has 1 aromatic rings. The zero-order valence-electron chi connectivity index (χ0n) is 8.91.